The third-order valence-corrected chi connectivity index (χ3v) is 3.40. The monoisotopic (exact) mass is 344 g/mol. The Morgan fingerprint density at radius 2 is 2.15 bits per heavy atom. The van der Waals surface area contributed by atoms with Crippen LogP contribution in [0.25, 0.3) is 0 Å². The van der Waals surface area contributed by atoms with Crippen LogP contribution in [0.2, 0.25) is 0 Å². The first-order valence-corrected chi connectivity index (χ1v) is 6.76. The number of carbonyl (C=O) groups excluding carboxylic acids is 1. The van der Waals surface area contributed by atoms with Gasteiger partial charge in [-0.15, -0.1) is 0 Å². The molecule has 2 amide bonds. The number of ether oxygens (including phenoxy) is 1. The molecule has 6 nitrogen and oxygen atoms in total. The maximum atomic E-state index is 11.8. The predicted octanol–water partition coefficient (Wildman–Crippen LogP) is 2.07. The average Bonchev–Trinajstić information content (AvgIpc) is 2.40. The molecule has 1 rings (SSSR count). The van der Waals surface area contributed by atoms with Gasteiger partial charge in [0.05, 0.1) is 13.5 Å². The van der Waals surface area contributed by atoms with E-state index < -0.39 is 5.97 Å². The molecule has 0 unspecified atom stereocenters. The Morgan fingerprint density at radius 1 is 1.45 bits per heavy atom. The van der Waals surface area contributed by atoms with Crippen LogP contribution < -0.4 is 10.1 Å². The first-order valence-electron chi connectivity index (χ1n) is 5.97. The Morgan fingerprint density at radius 3 is 2.75 bits per heavy atom. The molecule has 1 aromatic rings. The van der Waals surface area contributed by atoms with E-state index in [9.17, 15) is 9.59 Å². The van der Waals surface area contributed by atoms with Gasteiger partial charge in [-0.25, -0.2) is 4.79 Å². The molecule has 0 radical (unpaired) electrons. The number of carbonyl (C=O) groups is 2. The second kappa shape index (κ2) is 7.74. The number of urea groups is 1. The summed E-state index contributed by atoms with van der Waals surface area (Å²) in [6.07, 6.45) is -0.0948. The van der Waals surface area contributed by atoms with Crippen LogP contribution in [-0.2, 0) is 11.3 Å². The minimum absolute atomic E-state index is 0.0948. The minimum atomic E-state index is -0.941. The lowest BCUT2D eigenvalue weighted by Gasteiger charge is -2.19. The first-order chi connectivity index (χ1) is 9.43. The molecule has 0 aliphatic carbocycles. The molecule has 0 aliphatic heterocycles. The van der Waals surface area contributed by atoms with Crippen molar-refractivity contribution >= 4 is 27.9 Å². The number of methoxy groups -OCH3 is 1. The molecule has 0 aliphatic rings. The summed E-state index contributed by atoms with van der Waals surface area (Å²) in [5, 5.41) is 11.1. The summed E-state index contributed by atoms with van der Waals surface area (Å²) in [6.45, 7) is 0.495. The maximum absolute atomic E-state index is 11.8. The van der Waals surface area contributed by atoms with Crippen molar-refractivity contribution in [2.45, 2.75) is 13.0 Å². The van der Waals surface area contributed by atoms with Crippen molar-refractivity contribution in [1.29, 1.82) is 0 Å². The van der Waals surface area contributed by atoms with Gasteiger partial charge in [0.25, 0.3) is 0 Å². The van der Waals surface area contributed by atoms with Gasteiger partial charge in [0.2, 0.25) is 0 Å². The molecule has 110 valence electrons. The van der Waals surface area contributed by atoms with E-state index >= 15 is 0 Å². The van der Waals surface area contributed by atoms with Crippen LogP contribution >= 0.6 is 15.9 Å². The molecular weight excluding hydrogens is 328 g/mol. The molecule has 0 aromatic heterocycles. The zero-order valence-electron chi connectivity index (χ0n) is 11.4. The summed E-state index contributed by atoms with van der Waals surface area (Å²) < 4.78 is 6.02. The van der Waals surface area contributed by atoms with Crippen molar-refractivity contribution in [2.24, 2.45) is 0 Å². The van der Waals surface area contributed by atoms with E-state index in [4.69, 9.17) is 9.84 Å². The highest BCUT2D eigenvalue weighted by Gasteiger charge is 2.11. The first kappa shape index (κ1) is 16.3. The highest BCUT2D eigenvalue weighted by Crippen LogP contribution is 2.23. The molecule has 0 bridgehead atoms. The summed E-state index contributed by atoms with van der Waals surface area (Å²) in [5.74, 6) is -0.230. The van der Waals surface area contributed by atoms with E-state index in [0.29, 0.717) is 12.3 Å². The van der Waals surface area contributed by atoms with Crippen LogP contribution in [0.5, 0.6) is 5.75 Å². The number of benzene rings is 1. The number of nitrogens with zero attached hydrogens (tertiary/aromatic N) is 1. The summed E-state index contributed by atoms with van der Waals surface area (Å²) in [4.78, 5) is 23.6. The number of carboxylic acid groups (broad SMARTS) is 1. The molecule has 0 spiro atoms. The number of hydrogen-bond acceptors (Lipinski definition) is 3. The van der Waals surface area contributed by atoms with Crippen LogP contribution in [0, 0.1) is 0 Å². The smallest absolute Gasteiger partial charge is 0.317 e. The Labute approximate surface area is 125 Å². The average molecular weight is 345 g/mol. The number of rotatable bonds is 6. The van der Waals surface area contributed by atoms with Crippen molar-refractivity contribution in [3.63, 3.8) is 0 Å². The van der Waals surface area contributed by atoms with Gasteiger partial charge < -0.3 is 20.1 Å². The number of carboxylic acids is 1. The summed E-state index contributed by atoms with van der Waals surface area (Å²) in [5.41, 5.74) is 0.903. The van der Waals surface area contributed by atoms with E-state index in [-0.39, 0.29) is 19.0 Å². The van der Waals surface area contributed by atoms with Gasteiger partial charge >= 0.3 is 12.0 Å². The third kappa shape index (κ3) is 5.08. The Hall–Kier alpha value is -1.76. The van der Waals surface area contributed by atoms with E-state index in [1.54, 1.807) is 14.2 Å². The van der Waals surface area contributed by atoms with Gasteiger partial charge in [-0.05, 0) is 23.8 Å². The van der Waals surface area contributed by atoms with Crippen molar-refractivity contribution < 1.29 is 19.4 Å². The number of halogens is 1. The number of hydrogen-bond donors (Lipinski definition) is 2. The van der Waals surface area contributed by atoms with Gasteiger partial charge in [0.15, 0.2) is 0 Å². The molecule has 0 saturated carbocycles. The molecule has 7 heteroatoms. The molecule has 0 heterocycles. The summed E-state index contributed by atoms with van der Waals surface area (Å²) >= 11 is 3.42. The highest BCUT2D eigenvalue weighted by molar-refractivity contribution is 9.10. The van der Waals surface area contributed by atoms with E-state index in [0.717, 1.165) is 10.0 Å². The number of nitrogens with one attached hydrogen (secondary N) is 1. The standard InChI is InChI=1S/C13H17BrN2O4/c1-16(13(19)15-6-5-12(17)18)8-9-7-10(20-2)3-4-11(9)14/h3-4,7H,5-6,8H2,1-2H3,(H,15,19)(H,17,18). The van der Waals surface area contributed by atoms with Crippen molar-refractivity contribution in [3.05, 3.63) is 28.2 Å². The van der Waals surface area contributed by atoms with Crippen LogP contribution in [0.3, 0.4) is 0 Å². The van der Waals surface area contributed by atoms with Gasteiger partial charge in [-0.2, -0.15) is 0 Å². The normalized spacial score (nSPS) is 9.95. The van der Waals surface area contributed by atoms with Gasteiger partial charge in [0, 0.05) is 24.6 Å². The Bertz CT molecular complexity index is 493. The Kier molecular flexibility index (Phi) is 6.30. The predicted molar refractivity (Wildman–Crippen MR) is 77.8 cm³/mol. The van der Waals surface area contributed by atoms with Gasteiger partial charge in [-0.1, -0.05) is 15.9 Å². The van der Waals surface area contributed by atoms with Gasteiger partial charge in [0.1, 0.15) is 5.75 Å². The van der Waals surface area contributed by atoms with Crippen LogP contribution in [0.4, 0.5) is 4.79 Å². The summed E-state index contributed by atoms with van der Waals surface area (Å²) in [6, 6.07) is 5.19. The fourth-order valence-electron chi connectivity index (χ4n) is 1.54. The van der Waals surface area contributed by atoms with Crippen LogP contribution in [0.15, 0.2) is 22.7 Å². The quantitative estimate of drug-likeness (QED) is 0.827. The second-order valence-electron chi connectivity index (χ2n) is 4.19. The fraction of sp³-hybridized carbons (Fsp3) is 0.385. The zero-order chi connectivity index (χ0) is 15.1. The van der Waals surface area contributed by atoms with Crippen molar-refractivity contribution in [3.8, 4) is 5.75 Å². The lowest BCUT2D eigenvalue weighted by Crippen LogP contribution is -2.37. The van der Waals surface area contributed by atoms with Crippen molar-refractivity contribution in [2.75, 3.05) is 20.7 Å². The van der Waals surface area contributed by atoms with E-state index in [1.807, 2.05) is 18.2 Å². The topological polar surface area (TPSA) is 78.9 Å². The molecule has 0 fully saturated rings. The summed E-state index contributed by atoms with van der Waals surface area (Å²) in [7, 11) is 3.22. The molecule has 20 heavy (non-hydrogen) atoms. The molecular formula is C13H17BrN2O4. The zero-order valence-corrected chi connectivity index (χ0v) is 12.9. The molecule has 2 N–H and O–H groups in total. The largest absolute Gasteiger partial charge is 0.497 e. The molecule has 1 aromatic carbocycles. The SMILES string of the molecule is COc1ccc(Br)c(CN(C)C(=O)NCCC(=O)O)c1. The third-order valence-electron chi connectivity index (χ3n) is 2.62. The second-order valence-corrected chi connectivity index (χ2v) is 5.04. The van der Waals surface area contributed by atoms with Crippen LogP contribution in [0.1, 0.15) is 12.0 Å². The Balaban J connectivity index is 2.58. The molecule has 0 atom stereocenters. The van der Waals surface area contributed by atoms with Crippen LogP contribution in [-0.4, -0.2) is 42.7 Å². The number of amides is 2. The maximum Gasteiger partial charge on any atom is 0.317 e. The number of aliphatic carboxylic acids is 1. The van der Waals surface area contributed by atoms with Gasteiger partial charge in [-0.3, -0.25) is 4.79 Å². The van der Waals surface area contributed by atoms with Crippen molar-refractivity contribution in [1.82, 2.24) is 10.2 Å². The van der Waals surface area contributed by atoms with E-state index in [1.165, 1.54) is 4.90 Å². The lowest BCUT2D eigenvalue weighted by molar-refractivity contribution is -0.136. The minimum Gasteiger partial charge on any atom is -0.497 e. The lowest BCUT2D eigenvalue weighted by atomic mass is 10.2. The fourth-order valence-corrected chi connectivity index (χ4v) is 1.91. The molecule has 0 saturated heterocycles. The van der Waals surface area contributed by atoms with E-state index in [2.05, 4.69) is 21.2 Å². The highest BCUT2D eigenvalue weighted by atomic mass is 79.9.